The van der Waals surface area contributed by atoms with Gasteiger partial charge in [-0.3, -0.25) is 4.79 Å². The zero-order chi connectivity index (χ0) is 13.8. The van der Waals surface area contributed by atoms with Gasteiger partial charge < -0.3 is 20.3 Å². The third kappa shape index (κ3) is 2.96. The molecule has 2 rings (SSSR count). The van der Waals surface area contributed by atoms with E-state index in [9.17, 15) is 9.59 Å². The van der Waals surface area contributed by atoms with Gasteiger partial charge in [0.2, 0.25) is 5.91 Å². The molecular weight excluding hydrogens is 246 g/mol. The maximum Gasteiger partial charge on any atom is 0.409 e. The molecule has 0 aliphatic carbocycles. The highest BCUT2D eigenvalue weighted by atomic mass is 16.5. The van der Waals surface area contributed by atoms with Gasteiger partial charge in [-0.05, 0) is 24.3 Å². The Labute approximate surface area is 111 Å². The first-order valence-electron chi connectivity index (χ1n) is 6.09. The molecule has 6 heteroatoms. The number of carbonyl (C=O) groups excluding carboxylic acids is 2. The van der Waals surface area contributed by atoms with Gasteiger partial charge in [0.05, 0.1) is 7.11 Å². The summed E-state index contributed by atoms with van der Waals surface area (Å²) in [6, 6.07) is 7.16. The standard InChI is InChI=1S/C13H17N3O3/c1-19-13(18)16-8-6-15(7-9-16)11-4-2-10(3-5-11)12(14)17/h2-5H,6-9H2,1H3,(H2,14,17). The minimum atomic E-state index is -0.429. The predicted molar refractivity (Wildman–Crippen MR) is 71.2 cm³/mol. The third-order valence-corrected chi connectivity index (χ3v) is 3.23. The summed E-state index contributed by atoms with van der Waals surface area (Å²) in [6.07, 6.45) is -0.288. The van der Waals surface area contributed by atoms with Crippen molar-refractivity contribution in [1.82, 2.24) is 4.90 Å². The van der Waals surface area contributed by atoms with E-state index in [1.807, 2.05) is 12.1 Å². The lowest BCUT2D eigenvalue weighted by atomic mass is 10.1. The van der Waals surface area contributed by atoms with Crippen molar-refractivity contribution in [2.24, 2.45) is 5.73 Å². The Balaban J connectivity index is 1.97. The lowest BCUT2D eigenvalue weighted by Crippen LogP contribution is -2.48. The lowest BCUT2D eigenvalue weighted by Gasteiger charge is -2.35. The molecule has 0 bridgehead atoms. The SMILES string of the molecule is COC(=O)N1CCN(c2ccc(C(N)=O)cc2)CC1. The van der Waals surface area contributed by atoms with Crippen molar-refractivity contribution in [3.05, 3.63) is 29.8 Å². The number of methoxy groups -OCH3 is 1. The molecule has 0 atom stereocenters. The molecule has 1 aromatic carbocycles. The van der Waals surface area contributed by atoms with Crippen LogP contribution in [0.2, 0.25) is 0 Å². The summed E-state index contributed by atoms with van der Waals surface area (Å²) in [5.74, 6) is -0.429. The van der Waals surface area contributed by atoms with Crippen molar-refractivity contribution >= 4 is 17.7 Å². The van der Waals surface area contributed by atoms with Gasteiger partial charge in [0, 0.05) is 37.4 Å². The van der Waals surface area contributed by atoms with E-state index in [0.717, 1.165) is 18.8 Å². The molecule has 0 saturated carbocycles. The fourth-order valence-corrected chi connectivity index (χ4v) is 2.11. The molecule has 6 nitrogen and oxygen atoms in total. The van der Waals surface area contributed by atoms with Crippen LogP contribution in [0.15, 0.2) is 24.3 Å². The number of hydrogen-bond acceptors (Lipinski definition) is 4. The number of anilines is 1. The number of primary amides is 1. The van der Waals surface area contributed by atoms with Crippen molar-refractivity contribution < 1.29 is 14.3 Å². The van der Waals surface area contributed by atoms with E-state index in [1.165, 1.54) is 7.11 Å². The summed E-state index contributed by atoms with van der Waals surface area (Å²) in [6.45, 7) is 2.74. The topological polar surface area (TPSA) is 75.9 Å². The Kier molecular flexibility index (Phi) is 3.89. The quantitative estimate of drug-likeness (QED) is 0.851. The number of rotatable bonds is 2. The lowest BCUT2D eigenvalue weighted by molar-refractivity contribution is 0.1000. The monoisotopic (exact) mass is 263 g/mol. The number of carbonyl (C=O) groups is 2. The van der Waals surface area contributed by atoms with Crippen molar-refractivity contribution in [1.29, 1.82) is 0 Å². The van der Waals surface area contributed by atoms with Crippen LogP contribution >= 0.6 is 0 Å². The molecule has 19 heavy (non-hydrogen) atoms. The molecule has 1 aliphatic heterocycles. The summed E-state index contributed by atoms with van der Waals surface area (Å²) >= 11 is 0. The summed E-state index contributed by atoms with van der Waals surface area (Å²) < 4.78 is 4.69. The summed E-state index contributed by atoms with van der Waals surface area (Å²) in [5, 5.41) is 0. The molecule has 0 aromatic heterocycles. The maximum atomic E-state index is 11.4. The highest BCUT2D eigenvalue weighted by molar-refractivity contribution is 5.93. The summed E-state index contributed by atoms with van der Waals surface area (Å²) in [5.41, 5.74) is 6.72. The van der Waals surface area contributed by atoms with Gasteiger partial charge in [0.1, 0.15) is 0 Å². The van der Waals surface area contributed by atoms with E-state index < -0.39 is 5.91 Å². The Morgan fingerprint density at radius 1 is 1.11 bits per heavy atom. The van der Waals surface area contributed by atoms with Gasteiger partial charge in [-0.1, -0.05) is 0 Å². The molecule has 1 aromatic rings. The molecule has 0 spiro atoms. The normalized spacial score (nSPS) is 15.2. The molecule has 1 saturated heterocycles. The Morgan fingerprint density at radius 3 is 2.16 bits per heavy atom. The predicted octanol–water partition coefficient (Wildman–Crippen LogP) is 0.674. The van der Waals surface area contributed by atoms with E-state index in [-0.39, 0.29) is 6.09 Å². The number of nitrogens with two attached hydrogens (primary N) is 1. The first kappa shape index (κ1) is 13.2. The van der Waals surface area contributed by atoms with Crippen molar-refractivity contribution in [2.75, 3.05) is 38.2 Å². The van der Waals surface area contributed by atoms with Gasteiger partial charge in [0.25, 0.3) is 0 Å². The van der Waals surface area contributed by atoms with Crippen LogP contribution in [0.4, 0.5) is 10.5 Å². The van der Waals surface area contributed by atoms with Crippen molar-refractivity contribution in [3.63, 3.8) is 0 Å². The van der Waals surface area contributed by atoms with Crippen LogP contribution in [-0.2, 0) is 4.74 Å². The molecule has 1 heterocycles. The van der Waals surface area contributed by atoms with Crippen LogP contribution in [-0.4, -0.2) is 50.2 Å². The molecule has 0 unspecified atom stereocenters. The zero-order valence-corrected chi connectivity index (χ0v) is 10.8. The van der Waals surface area contributed by atoms with E-state index in [0.29, 0.717) is 18.7 Å². The molecule has 2 N–H and O–H groups in total. The second-order valence-corrected chi connectivity index (χ2v) is 4.36. The zero-order valence-electron chi connectivity index (χ0n) is 10.8. The first-order valence-corrected chi connectivity index (χ1v) is 6.09. The highest BCUT2D eigenvalue weighted by Crippen LogP contribution is 2.17. The van der Waals surface area contributed by atoms with Crippen LogP contribution < -0.4 is 10.6 Å². The fourth-order valence-electron chi connectivity index (χ4n) is 2.11. The van der Waals surface area contributed by atoms with Crippen LogP contribution in [0, 0.1) is 0 Å². The van der Waals surface area contributed by atoms with E-state index in [2.05, 4.69) is 9.64 Å². The van der Waals surface area contributed by atoms with Gasteiger partial charge in [-0.15, -0.1) is 0 Å². The summed E-state index contributed by atoms with van der Waals surface area (Å²) in [4.78, 5) is 26.2. The fraction of sp³-hybridized carbons (Fsp3) is 0.385. The van der Waals surface area contributed by atoms with Gasteiger partial charge >= 0.3 is 6.09 Å². The molecule has 0 radical (unpaired) electrons. The number of nitrogens with zero attached hydrogens (tertiary/aromatic N) is 2. The minimum Gasteiger partial charge on any atom is -0.453 e. The maximum absolute atomic E-state index is 11.4. The third-order valence-electron chi connectivity index (χ3n) is 3.23. The summed E-state index contributed by atoms with van der Waals surface area (Å²) in [7, 11) is 1.39. The molecule has 1 fully saturated rings. The number of piperazine rings is 1. The van der Waals surface area contributed by atoms with E-state index >= 15 is 0 Å². The Morgan fingerprint density at radius 2 is 1.68 bits per heavy atom. The average Bonchev–Trinajstić information content (AvgIpc) is 2.46. The number of hydrogen-bond donors (Lipinski definition) is 1. The first-order chi connectivity index (χ1) is 9.11. The number of amides is 2. The van der Waals surface area contributed by atoms with E-state index in [4.69, 9.17) is 5.73 Å². The second-order valence-electron chi connectivity index (χ2n) is 4.36. The van der Waals surface area contributed by atoms with Crippen LogP contribution in [0.3, 0.4) is 0 Å². The highest BCUT2D eigenvalue weighted by Gasteiger charge is 2.21. The van der Waals surface area contributed by atoms with Crippen molar-refractivity contribution in [2.45, 2.75) is 0 Å². The van der Waals surface area contributed by atoms with Gasteiger partial charge in [0.15, 0.2) is 0 Å². The molecule has 102 valence electrons. The van der Waals surface area contributed by atoms with Gasteiger partial charge in [-0.2, -0.15) is 0 Å². The Hall–Kier alpha value is -2.24. The van der Waals surface area contributed by atoms with Crippen LogP contribution in [0.1, 0.15) is 10.4 Å². The van der Waals surface area contributed by atoms with Gasteiger partial charge in [-0.25, -0.2) is 4.79 Å². The van der Waals surface area contributed by atoms with Crippen molar-refractivity contribution in [3.8, 4) is 0 Å². The Bertz CT molecular complexity index is 465. The van der Waals surface area contributed by atoms with E-state index in [1.54, 1.807) is 17.0 Å². The molecule has 2 amide bonds. The average molecular weight is 263 g/mol. The molecule has 1 aliphatic rings. The molecular formula is C13H17N3O3. The second kappa shape index (κ2) is 5.60. The largest absolute Gasteiger partial charge is 0.453 e. The van der Waals surface area contributed by atoms with Crippen LogP contribution in [0.5, 0.6) is 0 Å². The minimum absolute atomic E-state index is 0.288. The smallest absolute Gasteiger partial charge is 0.409 e. The number of ether oxygens (including phenoxy) is 1. The van der Waals surface area contributed by atoms with Crippen LogP contribution in [0.25, 0.3) is 0 Å². The number of benzene rings is 1.